The van der Waals surface area contributed by atoms with Gasteiger partial charge < -0.3 is 19.0 Å². The molecule has 1 saturated carbocycles. The largest absolute Gasteiger partial charge is 0.465 e. The summed E-state index contributed by atoms with van der Waals surface area (Å²) in [5, 5.41) is 11.3. The third-order valence-corrected chi connectivity index (χ3v) is 7.53. The van der Waals surface area contributed by atoms with E-state index < -0.39 is 28.5 Å². The van der Waals surface area contributed by atoms with E-state index in [2.05, 4.69) is 6.92 Å². The molecule has 0 bridgehead atoms. The summed E-state index contributed by atoms with van der Waals surface area (Å²) >= 11 is 0. The molecule has 6 atom stereocenters. The summed E-state index contributed by atoms with van der Waals surface area (Å²) in [5.74, 6) is -0.456. The van der Waals surface area contributed by atoms with Crippen LogP contribution in [-0.4, -0.2) is 29.3 Å². The molecule has 3 heterocycles. The van der Waals surface area contributed by atoms with Gasteiger partial charge in [0.05, 0.1) is 12.9 Å². The van der Waals surface area contributed by atoms with Gasteiger partial charge in [-0.05, 0) is 30.9 Å². The monoisotopic (exact) mass is 358 g/mol. The first-order chi connectivity index (χ1) is 12.3. The van der Waals surface area contributed by atoms with E-state index in [1.54, 1.807) is 12.3 Å². The normalized spacial score (nSPS) is 46.7. The quantitative estimate of drug-likeness (QED) is 0.777. The summed E-state index contributed by atoms with van der Waals surface area (Å²) in [5.41, 5.74) is -1.96. The van der Waals surface area contributed by atoms with E-state index in [4.69, 9.17) is 13.9 Å². The van der Waals surface area contributed by atoms with Gasteiger partial charge in [0.1, 0.15) is 5.76 Å². The van der Waals surface area contributed by atoms with E-state index in [0.717, 1.165) is 0 Å². The molecular formula is C20H22O6. The number of carbonyl (C=O) groups excluding carboxylic acids is 2. The summed E-state index contributed by atoms with van der Waals surface area (Å²) in [7, 11) is 0. The Kier molecular flexibility index (Phi) is 2.97. The summed E-state index contributed by atoms with van der Waals surface area (Å²) in [6.07, 6.45) is 4.68. The fourth-order valence-electron chi connectivity index (χ4n) is 6.14. The second kappa shape index (κ2) is 4.80. The summed E-state index contributed by atoms with van der Waals surface area (Å²) < 4.78 is 16.3. The van der Waals surface area contributed by atoms with Crippen LogP contribution in [0.25, 0.3) is 0 Å². The zero-order valence-electron chi connectivity index (χ0n) is 14.9. The number of aliphatic hydroxyl groups is 1. The Morgan fingerprint density at radius 3 is 2.81 bits per heavy atom. The molecule has 4 aliphatic rings. The Balaban J connectivity index is 1.60. The maximum atomic E-state index is 12.7. The van der Waals surface area contributed by atoms with Crippen LogP contribution in [0.15, 0.2) is 34.5 Å². The van der Waals surface area contributed by atoms with Crippen LogP contribution in [0.1, 0.15) is 45.0 Å². The van der Waals surface area contributed by atoms with Crippen molar-refractivity contribution < 1.29 is 28.6 Å². The van der Waals surface area contributed by atoms with E-state index >= 15 is 0 Å². The van der Waals surface area contributed by atoms with Crippen LogP contribution in [0, 0.1) is 22.7 Å². The Morgan fingerprint density at radius 2 is 2.08 bits per heavy atom. The minimum absolute atomic E-state index is 0.0110. The summed E-state index contributed by atoms with van der Waals surface area (Å²) in [6, 6.07) is 3.59. The molecule has 1 aromatic rings. The topological polar surface area (TPSA) is 86.0 Å². The van der Waals surface area contributed by atoms with E-state index in [1.807, 2.05) is 19.1 Å². The molecule has 0 spiro atoms. The van der Waals surface area contributed by atoms with Crippen LogP contribution in [0.2, 0.25) is 0 Å². The number of allylic oxidation sites excluding steroid dienone is 1. The zero-order chi connectivity index (χ0) is 18.3. The lowest BCUT2D eigenvalue weighted by molar-refractivity contribution is -0.174. The zero-order valence-corrected chi connectivity index (χ0v) is 14.9. The van der Waals surface area contributed by atoms with Gasteiger partial charge in [0.2, 0.25) is 0 Å². The summed E-state index contributed by atoms with van der Waals surface area (Å²) in [6.45, 7) is 4.27. The van der Waals surface area contributed by atoms with Crippen LogP contribution < -0.4 is 0 Å². The van der Waals surface area contributed by atoms with Crippen molar-refractivity contribution in [2.24, 2.45) is 22.7 Å². The standard InChI is InChI=1S/C20H22O6/c1-18-9-14(13-4-3-7-24-13)26-16(21)12(18)5-6-19(2)15(18)8-11-10-25-17(22)20(11,19)23/h3-5,7,11,14-15,23H,6,8-10H2,1-2H3. The molecule has 1 N–H and O–H groups in total. The summed E-state index contributed by atoms with van der Waals surface area (Å²) in [4.78, 5) is 25.2. The number of esters is 2. The molecular weight excluding hydrogens is 336 g/mol. The smallest absolute Gasteiger partial charge is 0.339 e. The maximum absolute atomic E-state index is 12.7. The van der Waals surface area contributed by atoms with Crippen molar-refractivity contribution in [1.29, 1.82) is 0 Å². The highest BCUT2D eigenvalue weighted by atomic mass is 16.6. The Morgan fingerprint density at radius 1 is 1.27 bits per heavy atom. The van der Waals surface area contributed by atoms with Crippen molar-refractivity contribution in [3.8, 4) is 0 Å². The van der Waals surface area contributed by atoms with Gasteiger partial charge in [-0.2, -0.15) is 0 Å². The van der Waals surface area contributed by atoms with Crippen LogP contribution in [-0.2, 0) is 19.1 Å². The molecule has 3 fully saturated rings. The minimum Gasteiger partial charge on any atom is -0.465 e. The second-order valence-electron chi connectivity index (χ2n) is 8.62. The molecule has 2 aliphatic carbocycles. The van der Waals surface area contributed by atoms with Crippen LogP contribution >= 0.6 is 0 Å². The molecule has 6 nitrogen and oxygen atoms in total. The lowest BCUT2D eigenvalue weighted by Gasteiger charge is -2.53. The Hall–Kier alpha value is -2.08. The molecule has 2 saturated heterocycles. The fraction of sp³-hybridized carbons (Fsp3) is 0.600. The molecule has 6 unspecified atom stereocenters. The minimum atomic E-state index is -1.48. The van der Waals surface area contributed by atoms with Gasteiger partial charge in [-0.15, -0.1) is 0 Å². The first-order valence-corrected chi connectivity index (χ1v) is 9.15. The van der Waals surface area contributed by atoms with E-state index in [9.17, 15) is 14.7 Å². The van der Waals surface area contributed by atoms with Crippen LogP contribution in [0.5, 0.6) is 0 Å². The van der Waals surface area contributed by atoms with Crippen molar-refractivity contribution in [3.05, 3.63) is 35.8 Å². The van der Waals surface area contributed by atoms with Crippen LogP contribution in [0.4, 0.5) is 0 Å². The van der Waals surface area contributed by atoms with Crippen molar-refractivity contribution >= 4 is 11.9 Å². The molecule has 138 valence electrons. The molecule has 26 heavy (non-hydrogen) atoms. The van der Waals surface area contributed by atoms with E-state index in [0.29, 0.717) is 30.6 Å². The number of rotatable bonds is 1. The van der Waals surface area contributed by atoms with Gasteiger partial charge in [0.15, 0.2) is 11.7 Å². The first-order valence-electron chi connectivity index (χ1n) is 9.15. The van der Waals surface area contributed by atoms with Gasteiger partial charge in [-0.3, -0.25) is 0 Å². The van der Waals surface area contributed by atoms with Crippen LogP contribution in [0.3, 0.4) is 0 Å². The fourth-order valence-corrected chi connectivity index (χ4v) is 6.14. The molecule has 5 rings (SSSR count). The second-order valence-corrected chi connectivity index (χ2v) is 8.62. The van der Waals surface area contributed by atoms with Gasteiger partial charge in [0.25, 0.3) is 0 Å². The average molecular weight is 358 g/mol. The highest BCUT2D eigenvalue weighted by Gasteiger charge is 2.74. The molecule has 0 amide bonds. The maximum Gasteiger partial charge on any atom is 0.339 e. The number of cyclic esters (lactones) is 2. The van der Waals surface area contributed by atoms with Crippen molar-refractivity contribution in [2.75, 3.05) is 6.61 Å². The van der Waals surface area contributed by atoms with E-state index in [1.165, 1.54) is 0 Å². The number of furan rings is 1. The van der Waals surface area contributed by atoms with Gasteiger partial charge in [-0.1, -0.05) is 19.9 Å². The predicted octanol–water partition coefficient (Wildman–Crippen LogP) is 2.53. The highest BCUT2D eigenvalue weighted by molar-refractivity contribution is 5.92. The lowest BCUT2D eigenvalue weighted by Crippen LogP contribution is -2.57. The molecule has 0 radical (unpaired) electrons. The number of hydrogen-bond acceptors (Lipinski definition) is 6. The molecule has 0 aromatic carbocycles. The van der Waals surface area contributed by atoms with Gasteiger partial charge in [-0.25, -0.2) is 9.59 Å². The molecule has 1 aromatic heterocycles. The van der Waals surface area contributed by atoms with Gasteiger partial charge >= 0.3 is 11.9 Å². The number of fused-ring (bicyclic) bond motifs is 5. The SMILES string of the molecule is CC12CC(c3ccco3)OC(=O)C1=CCC1(C)C2CC2COC(=O)C21O. The Bertz CT molecular complexity index is 825. The Labute approximate surface area is 151 Å². The van der Waals surface area contributed by atoms with Crippen molar-refractivity contribution in [2.45, 2.75) is 44.8 Å². The number of hydrogen-bond donors (Lipinski definition) is 1. The highest BCUT2D eigenvalue weighted by Crippen LogP contribution is 2.69. The first kappa shape index (κ1) is 16.1. The molecule has 6 heteroatoms. The van der Waals surface area contributed by atoms with Gasteiger partial charge in [0, 0.05) is 28.7 Å². The lowest BCUT2D eigenvalue weighted by atomic mass is 9.52. The number of ether oxygens (including phenoxy) is 2. The van der Waals surface area contributed by atoms with E-state index in [-0.39, 0.29) is 24.4 Å². The van der Waals surface area contributed by atoms with Crippen molar-refractivity contribution in [3.63, 3.8) is 0 Å². The predicted molar refractivity (Wildman–Crippen MR) is 88.6 cm³/mol. The average Bonchev–Trinajstić information content (AvgIpc) is 3.26. The number of carbonyl (C=O) groups is 2. The third-order valence-electron chi connectivity index (χ3n) is 7.53. The third kappa shape index (κ3) is 1.66. The molecule has 2 aliphatic heterocycles. The van der Waals surface area contributed by atoms with Crippen molar-refractivity contribution in [1.82, 2.24) is 0 Å².